The number of aromatic amines is 1. The van der Waals surface area contributed by atoms with Crippen LogP contribution in [0.4, 0.5) is 5.69 Å². The van der Waals surface area contributed by atoms with E-state index >= 15 is 0 Å². The van der Waals surface area contributed by atoms with Crippen LogP contribution in [0.1, 0.15) is 16.1 Å². The van der Waals surface area contributed by atoms with E-state index in [1.807, 2.05) is 0 Å². The predicted octanol–water partition coefficient (Wildman–Crippen LogP) is 1.76. The topological polar surface area (TPSA) is 118 Å². The quantitative estimate of drug-likeness (QED) is 0.560. The second-order valence-electron chi connectivity index (χ2n) is 5.00. The number of aromatic nitrogens is 2. The molecular weight excluding hydrogens is 312 g/mol. The van der Waals surface area contributed by atoms with Crippen molar-refractivity contribution in [3.63, 3.8) is 0 Å². The fourth-order valence-electron chi connectivity index (χ4n) is 2.39. The smallest absolute Gasteiger partial charge is 0.282 e. The average Bonchev–Trinajstić information content (AvgIpc) is 2.61. The maximum absolute atomic E-state index is 12.2. The molecule has 0 saturated carbocycles. The van der Waals surface area contributed by atoms with Crippen molar-refractivity contribution in [3.8, 4) is 0 Å². The first-order valence-corrected chi connectivity index (χ1v) is 7.06. The monoisotopic (exact) mass is 324 g/mol. The van der Waals surface area contributed by atoms with Gasteiger partial charge in [-0.15, -0.1) is 0 Å². The minimum absolute atomic E-state index is 0.0299. The lowest BCUT2D eigenvalue weighted by atomic mass is 10.1. The zero-order valence-corrected chi connectivity index (χ0v) is 12.4. The molecule has 0 saturated heterocycles. The molecule has 0 fully saturated rings. The molecule has 1 amide bonds. The van der Waals surface area contributed by atoms with E-state index in [0.29, 0.717) is 16.5 Å². The number of carbonyl (C=O) groups excluding carboxylic acids is 1. The number of hydrogen-bond donors (Lipinski definition) is 2. The number of nitro groups is 1. The summed E-state index contributed by atoms with van der Waals surface area (Å²) in [5.74, 6) is -0.584. The van der Waals surface area contributed by atoms with Crippen molar-refractivity contribution in [2.75, 3.05) is 0 Å². The molecule has 0 spiro atoms. The van der Waals surface area contributed by atoms with Gasteiger partial charge >= 0.3 is 0 Å². The minimum atomic E-state index is -0.609. The largest absolute Gasteiger partial charge is 0.346 e. The van der Waals surface area contributed by atoms with Gasteiger partial charge in [0, 0.05) is 11.5 Å². The second kappa shape index (κ2) is 6.29. The number of rotatable bonds is 4. The number of carbonyl (C=O) groups is 1. The Bertz CT molecular complexity index is 997. The van der Waals surface area contributed by atoms with E-state index < -0.39 is 10.8 Å². The van der Waals surface area contributed by atoms with E-state index in [1.165, 1.54) is 18.2 Å². The van der Waals surface area contributed by atoms with Crippen molar-refractivity contribution in [2.24, 2.45) is 0 Å². The Hall–Kier alpha value is -3.55. The van der Waals surface area contributed by atoms with Gasteiger partial charge in [-0.05, 0) is 12.1 Å². The van der Waals surface area contributed by atoms with Crippen LogP contribution in [0, 0.1) is 10.1 Å². The highest BCUT2D eigenvalue weighted by atomic mass is 16.6. The Morgan fingerprint density at radius 2 is 1.79 bits per heavy atom. The van der Waals surface area contributed by atoms with Crippen molar-refractivity contribution in [3.05, 3.63) is 80.3 Å². The number of nitro benzene ring substituents is 1. The Kier molecular flexibility index (Phi) is 4.02. The molecule has 0 aliphatic carbocycles. The summed E-state index contributed by atoms with van der Waals surface area (Å²) in [4.78, 5) is 34.3. The number of amides is 1. The molecule has 8 nitrogen and oxygen atoms in total. The number of fused-ring (bicyclic) bond motifs is 1. The van der Waals surface area contributed by atoms with E-state index in [1.54, 1.807) is 30.3 Å². The maximum Gasteiger partial charge on any atom is 0.282 e. The van der Waals surface area contributed by atoms with Gasteiger partial charge in [0.05, 0.1) is 22.5 Å². The van der Waals surface area contributed by atoms with Gasteiger partial charge < -0.3 is 5.32 Å². The molecule has 2 N–H and O–H groups in total. The summed E-state index contributed by atoms with van der Waals surface area (Å²) in [5.41, 5.74) is -0.151. The third-order valence-corrected chi connectivity index (χ3v) is 3.54. The molecule has 3 aromatic rings. The normalized spacial score (nSPS) is 10.5. The van der Waals surface area contributed by atoms with Crippen LogP contribution >= 0.6 is 0 Å². The number of nitrogens with one attached hydrogen (secondary N) is 2. The van der Waals surface area contributed by atoms with E-state index in [9.17, 15) is 19.7 Å². The first-order valence-electron chi connectivity index (χ1n) is 7.06. The summed E-state index contributed by atoms with van der Waals surface area (Å²) >= 11 is 0. The van der Waals surface area contributed by atoms with Crippen molar-refractivity contribution in [1.82, 2.24) is 15.5 Å². The molecule has 2 aromatic carbocycles. The lowest BCUT2D eigenvalue weighted by Gasteiger charge is -2.07. The van der Waals surface area contributed by atoms with E-state index in [-0.39, 0.29) is 23.4 Å². The molecule has 0 radical (unpaired) electrons. The first kappa shape index (κ1) is 15.3. The van der Waals surface area contributed by atoms with Crippen LogP contribution in [0.2, 0.25) is 0 Å². The molecule has 8 heteroatoms. The highest BCUT2D eigenvalue weighted by Crippen LogP contribution is 2.18. The van der Waals surface area contributed by atoms with Gasteiger partial charge in [0.2, 0.25) is 0 Å². The van der Waals surface area contributed by atoms with Gasteiger partial charge in [-0.3, -0.25) is 19.7 Å². The van der Waals surface area contributed by atoms with Gasteiger partial charge in [-0.2, -0.15) is 5.10 Å². The van der Waals surface area contributed by atoms with Crippen LogP contribution in [0.5, 0.6) is 0 Å². The Morgan fingerprint density at radius 3 is 2.54 bits per heavy atom. The van der Waals surface area contributed by atoms with E-state index in [4.69, 9.17) is 0 Å². The molecule has 1 aromatic heterocycles. The Morgan fingerprint density at radius 1 is 1.12 bits per heavy atom. The maximum atomic E-state index is 12.2. The zero-order chi connectivity index (χ0) is 17.1. The number of hydrogen-bond acceptors (Lipinski definition) is 5. The molecule has 1 heterocycles. The van der Waals surface area contributed by atoms with E-state index in [0.717, 1.165) is 0 Å². The molecule has 24 heavy (non-hydrogen) atoms. The van der Waals surface area contributed by atoms with Gasteiger partial charge in [-0.25, -0.2) is 5.10 Å². The second-order valence-corrected chi connectivity index (χ2v) is 5.00. The van der Waals surface area contributed by atoms with Gasteiger partial charge in [0.15, 0.2) is 0 Å². The molecule has 120 valence electrons. The number of nitrogens with zero attached hydrogens (tertiary/aromatic N) is 2. The number of H-pyrrole nitrogens is 1. The van der Waals surface area contributed by atoms with Crippen molar-refractivity contribution >= 4 is 22.4 Å². The van der Waals surface area contributed by atoms with E-state index in [2.05, 4.69) is 15.5 Å². The first-order chi connectivity index (χ1) is 11.6. The SMILES string of the molecule is O=C(NCc1n[nH]c(=O)c2ccccc12)c1ccccc1[N+](=O)[O-]. The minimum Gasteiger partial charge on any atom is -0.346 e. The van der Waals surface area contributed by atoms with Gasteiger partial charge in [0.1, 0.15) is 5.56 Å². The van der Waals surface area contributed by atoms with Crippen LogP contribution in [0.25, 0.3) is 10.8 Å². The fraction of sp³-hybridized carbons (Fsp3) is 0.0625. The molecule has 0 aliphatic heterocycles. The number of benzene rings is 2. The molecule has 0 aliphatic rings. The zero-order valence-electron chi connectivity index (χ0n) is 12.4. The highest BCUT2D eigenvalue weighted by Gasteiger charge is 2.19. The molecule has 0 bridgehead atoms. The third kappa shape index (κ3) is 2.84. The Balaban J connectivity index is 1.87. The average molecular weight is 324 g/mol. The lowest BCUT2D eigenvalue weighted by Crippen LogP contribution is -2.25. The van der Waals surface area contributed by atoms with Crippen LogP contribution in [0.3, 0.4) is 0 Å². The van der Waals surface area contributed by atoms with Crippen molar-refractivity contribution in [1.29, 1.82) is 0 Å². The summed E-state index contributed by atoms with van der Waals surface area (Å²) in [6.07, 6.45) is 0. The summed E-state index contributed by atoms with van der Waals surface area (Å²) in [6.45, 7) is 0.0299. The summed E-state index contributed by atoms with van der Waals surface area (Å²) in [5, 5.41) is 21.0. The van der Waals surface area contributed by atoms with Crippen molar-refractivity contribution in [2.45, 2.75) is 6.54 Å². The standard InChI is InChI=1S/C16H12N4O4/c21-15(12-7-3-4-8-14(12)20(23)24)17-9-13-10-5-1-2-6-11(10)16(22)19-18-13/h1-8H,9H2,(H,17,21)(H,19,22). The molecule has 0 unspecified atom stereocenters. The van der Waals surface area contributed by atoms with Gasteiger partial charge in [0.25, 0.3) is 17.2 Å². The van der Waals surface area contributed by atoms with Crippen LogP contribution in [-0.4, -0.2) is 21.0 Å². The predicted molar refractivity (Wildman–Crippen MR) is 86.6 cm³/mol. The summed E-state index contributed by atoms with van der Waals surface area (Å²) in [7, 11) is 0. The van der Waals surface area contributed by atoms with Gasteiger partial charge in [-0.1, -0.05) is 30.3 Å². The lowest BCUT2D eigenvalue weighted by molar-refractivity contribution is -0.385. The summed E-state index contributed by atoms with van der Waals surface area (Å²) in [6, 6.07) is 12.6. The fourth-order valence-corrected chi connectivity index (χ4v) is 2.39. The van der Waals surface area contributed by atoms with Crippen molar-refractivity contribution < 1.29 is 9.72 Å². The number of para-hydroxylation sites is 1. The van der Waals surface area contributed by atoms with Crippen LogP contribution < -0.4 is 10.9 Å². The van der Waals surface area contributed by atoms with Crippen LogP contribution in [-0.2, 0) is 6.54 Å². The molecule has 0 atom stereocenters. The summed E-state index contributed by atoms with van der Waals surface area (Å²) < 4.78 is 0. The highest BCUT2D eigenvalue weighted by molar-refractivity contribution is 5.98. The molecule has 3 rings (SSSR count). The third-order valence-electron chi connectivity index (χ3n) is 3.54. The molecular formula is C16H12N4O4. The Labute approximate surface area is 135 Å². The van der Waals surface area contributed by atoms with Crippen LogP contribution in [0.15, 0.2) is 53.3 Å².